The standard InChI is InChI=1S/C15H27F3N4O2.HI/c1-14(2,3)24-13(23)22-9-5-6-11(10-22)21-12(19-4)20-8-7-15(16,17)18;/h11H,5-10H2,1-4H3,(H2,19,20,21);1H. The lowest BCUT2D eigenvalue weighted by Gasteiger charge is -2.35. The molecule has 0 aromatic heterocycles. The molecule has 0 aliphatic carbocycles. The van der Waals surface area contributed by atoms with Crippen LogP contribution in [-0.2, 0) is 4.74 Å². The molecule has 1 heterocycles. The molecule has 2 N–H and O–H groups in total. The zero-order valence-electron chi connectivity index (χ0n) is 15.1. The van der Waals surface area contributed by atoms with Crippen LogP contribution in [0.4, 0.5) is 18.0 Å². The van der Waals surface area contributed by atoms with Crippen LogP contribution in [0.15, 0.2) is 4.99 Å². The number of halogens is 4. The van der Waals surface area contributed by atoms with Crippen LogP contribution in [-0.4, -0.2) is 61.5 Å². The molecular formula is C15H28F3IN4O2. The lowest BCUT2D eigenvalue weighted by atomic mass is 10.1. The summed E-state index contributed by atoms with van der Waals surface area (Å²) in [4.78, 5) is 17.6. The Morgan fingerprint density at radius 2 is 1.96 bits per heavy atom. The highest BCUT2D eigenvalue weighted by Crippen LogP contribution is 2.18. The number of aliphatic imine (C=N–C) groups is 1. The molecule has 1 amide bonds. The molecule has 25 heavy (non-hydrogen) atoms. The number of hydrogen-bond donors (Lipinski definition) is 2. The number of likely N-dealkylation sites (tertiary alicyclic amines) is 1. The molecule has 0 spiro atoms. The maximum absolute atomic E-state index is 12.2. The number of amides is 1. The number of carbonyl (C=O) groups is 1. The summed E-state index contributed by atoms with van der Waals surface area (Å²) in [7, 11) is 1.50. The van der Waals surface area contributed by atoms with Gasteiger partial charge in [-0.2, -0.15) is 13.2 Å². The quantitative estimate of drug-likeness (QED) is 0.370. The van der Waals surface area contributed by atoms with Crippen molar-refractivity contribution >= 4 is 36.0 Å². The molecule has 0 saturated carbocycles. The summed E-state index contributed by atoms with van der Waals surface area (Å²) < 4.78 is 41.9. The summed E-state index contributed by atoms with van der Waals surface area (Å²) in [6, 6.07) is -0.0802. The van der Waals surface area contributed by atoms with Crippen LogP contribution >= 0.6 is 24.0 Å². The average molecular weight is 480 g/mol. The predicted octanol–water partition coefficient (Wildman–Crippen LogP) is 3.12. The maximum Gasteiger partial charge on any atom is 0.410 e. The number of rotatable bonds is 3. The molecule has 1 rings (SSSR count). The minimum absolute atomic E-state index is 0. The Kier molecular flexibility index (Phi) is 9.88. The molecule has 1 aliphatic rings. The molecule has 0 aromatic rings. The second-order valence-electron chi connectivity index (χ2n) is 6.77. The van der Waals surface area contributed by atoms with Crippen molar-refractivity contribution in [2.75, 3.05) is 26.7 Å². The monoisotopic (exact) mass is 480 g/mol. The molecular weight excluding hydrogens is 452 g/mol. The van der Waals surface area contributed by atoms with Gasteiger partial charge in [-0.25, -0.2) is 4.79 Å². The Labute approximate surface area is 164 Å². The van der Waals surface area contributed by atoms with Gasteiger partial charge in [0.2, 0.25) is 0 Å². The van der Waals surface area contributed by atoms with Gasteiger partial charge < -0.3 is 20.3 Å². The smallest absolute Gasteiger partial charge is 0.410 e. The SMILES string of the molecule is CN=C(NCCC(F)(F)F)NC1CCCN(C(=O)OC(C)(C)C)C1.I. The van der Waals surface area contributed by atoms with Crippen LogP contribution in [0.25, 0.3) is 0 Å². The van der Waals surface area contributed by atoms with Crippen molar-refractivity contribution in [2.45, 2.75) is 57.9 Å². The van der Waals surface area contributed by atoms with Crippen molar-refractivity contribution in [3.63, 3.8) is 0 Å². The van der Waals surface area contributed by atoms with Crippen LogP contribution in [0.2, 0.25) is 0 Å². The van der Waals surface area contributed by atoms with Gasteiger partial charge >= 0.3 is 12.3 Å². The van der Waals surface area contributed by atoms with Crippen molar-refractivity contribution in [3.05, 3.63) is 0 Å². The molecule has 1 saturated heterocycles. The van der Waals surface area contributed by atoms with Gasteiger partial charge in [-0.05, 0) is 33.6 Å². The van der Waals surface area contributed by atoms with E-state index in [0.29, 0.717) is 19.0 Å². The summed E-state index contributed by atoms with van der Waals surface area (Å²) in [6.07, 6.45) is -3.92. The molecule has 0 aromatic carbocycles. The number of carbonyl (C=O) groups excluding carboxylic acids is 1. The van der Waals surface area contributed by atoms with Crippen LogP contribution < -0.4 is 10.6 Å². The number of ether oxygens (including phenoxy) is 1. The third kappa shape index (κ3) is 10.6. The van der Waals surface area contributed by atoms with Gasteiger partial charge in [0, 0.05) is 32.7 Å². The number of guanidine groups is 1. The summed E-state index contributed by atoms with van der Waals surface area (Å²) in [5.41, 5.74) is -0.563. The topological polar surface area (TPSA) is 66.0 Å². The molecule has 0 radical (unpaired) electrons. The fraction of sp³-hybridized carbons (Fsp3) is 0.867. The average Bonchev–Trinajstić information content (AvgIpc) is 2.43. The van der Waals surface area contributed by atoms with Crippen molar-refractivity contribution in [2.24, 2.45) is 4.99 Å². The number of alkyl halides is 3. The highest BCUT2D eigenvalue weighted by atomic mass is 127. The van der Waals surface area contributed by atoms with Crippen LogP contribution in [0.5, 0.6) is 0 Å². The minimum Gasteiger partial charge on any atom is -0.444 e. The third-order valence-corrected chi connectivity index (χ3v) is 3.34. The normalized spacial score (nSPS) is 19.1. The van der Waals surface area contributed by atoms with Crippen molar-refractivity contribution in [1.29, 1.82) is 0 Å². The van der Waals surface area contributed by atoms with Gasteiger partial charge in [0.25, 0.3) is 0 Å². The second-order valence-corrected chi connectivity index (χ2v) is 6.77. The van der Waals surface area contributed by atoms with Gasteiger partial charge in [-0.3, -0.25) is 4.99 Å². The third-order valence-electron chi connectivity index (χ3n) is 3.34. The lowest BCUT2D eigenvalue weighted by Crippen LogP contribution is -2.53. The zero-order chi connectivity index (χ0) is 18.4. The van der Waals surface area contributed by atoms with E-state index in [4.69, 9.17) is 4.74 Å². The van der Waals surface area contributed by atoms with Gasteiger partial charge in [0.05, 0.1) is 6.42 Å². The first-order valence-corrected chi connectivity index (χ1v) is 8.02. The first-order chi connectivity index (χ1) is 11.0. The van der Waals surface area contributed by atoms with Crippen LogP contribution in [0.1, 0.15) is 40.0 Å². The highest BCUT2D eigenvalue weighted by molar-refractivity contribution is 14.0. The Bertz CT molecular complexity index is 453. The van der Waals surface area contributed by atoms with Gasteiger partial charge in [-0.1, -0.05) is 0 Å². The number of hydrogen-bond acceptors (Lipinski definition) is 3. The molecule has 1 atom stereocenters. The second kappa shape index (κ2) is 10.3. The van der Waals surface area contributed by atoms with Crippen LogP contribution in [0.3, 0.4) is 0 Å². The Morgan fingerprint density at radius 1 is 1.32 bits per heavy atom. The van der Waals surface area contributed by atoms with E-state index >= 15 is 0 Å². The molecule has 0 bridgehead atoms. The summed E-state index contributed by atoms with van der Waals surface area (Å²) in [5, 5.41) is 5.70. The van der Waals surface area contributed by atoms with Crippen molar-refractivity contribution < 1.29 is 22.7 Å². The predicted molar refractivity (Wildman–Crippen MR) is 101 cm³/mol. The Balaban J connectivity index is 0.00000576. The summed E-state index contributed by atoms with van der Waals surface area (Å²) in [6.45, 7) is 6.19. The van der Waals surface area contributed by atoms with E-state index < -0.39 is 18.2 Å². The van der Waals surface area contributed by atoms with E-state index in [1.807, 2.05) is 0 Å². The first-order valence-electron chi connectivity index (χ1n) is 8.02. The zero-order valence-corrected chi connectivity index (χ0v) is 17.4. The van der Waals surface area contributed by atoms with Crippen LogP contribution in [0, 0.1) is 0 Å². The molecule has 1 aliphatic heterocycles. The fourth-order valence-electron chi connectivity index (χ4n) is 2.30. The van der Waals surface area contributed by atoms with Gasteiger partial charge in [-0.15, -0.1) is 24.0 Å². The minimum atomic E-state index is -4.20. The lowest BCUT2D eigenvalue weighted by molar-refractivity contribution is -0.132. The van der Waals surface area contributed by atoms with E-state index in [0.717, 1.165) is 12.8 Å². The number of nitrogens with one attached hydrogen (secondary N) is 2. The molecule has 1 unspecified atom stereocenters. The Morgan fingerprint density at radius 3 is 2.48 bits per heavy atom. The van der Waals surface area contributed by atoms with Crippen molar-refractivity contribution in [3.8, 4) is 0 Å². The van der Waals surface area contributed by atoms with E-state index in [1.54, 1.807) is 25.7 Å². The van der Waals surface area contributed by atoms with E-state index in [1.165, 1.54) is 7.05 Å². The summed E-state index contributed by atoms with van der Waals surface area (Å²) in [5.74, 6) is 0.301. The molecule has 1 fully saturated rings. The fourth-order valence-corrected chi connectivity index (χ4v) is 2.30. The molecule has 6 nitrogen and oxygen atoms in total. The summed E-state index contributed by atoms with van der Waals surface area (Å²) >= 11 is 0. The number of nitrogens with zero attached hydrogens (tertiary/aromatic N) is 2. The number of piperidine rings is 1. The van der Waals surface area contributed by atoms with E-state index in [2.05, 4.69) is 15.6 Å². The first kappa shape index (κ1) is 24.1. The maximum atomic E-state index is 12.2. The Hall–Kier alpha value is -0.940. The van der Waals surface area contributed by atoms with Gasteiger partial charge in [0.15, 0.2) is 5.96 Å². The van der Waals surface area contributed by atoms with Gasteiger partial charge in [0.1, 0.15) is 5.60 Å². The van der Waals surface area contributed by atoms with E-state index in [-0.39, 0.29) is 42.7 Å². The van der Waals surface area contributed by atoms with E-state index in [9.17, 15) is 18.0 Å². The largest absolute Gasteiger partial charge is 0.444 e. The highest BCUT2D eigenvalue weighted by Gasteiger charge is 2.29. The molecule has 10 heteroatoms. The molecule has 148 valence electrons. The van der Waals surface area contributed by atoms with Crippen molar-refractivity contribution in [1.82, 2.24) is 15.5 Å².